The van der Waals surface area contributed by atoms with Crippen molar-refractivity contribution in [1.82, 2.24) is 19.9 Å². The zero-order valence-electron chi connectivity index (χ0n) is 15.5. The Balaban J connectivity index is 1.62. The van der Waals surface area contributed by atoms with Crippen LogP contribution in [0.15, 0.2) is 28.8 Å². The molecule has 2 aromatic rings. The van der Waals surface area contributed by atoms with Crippen LogP contribution in [-0.4, -0.2) is 53.0 Å². The van der Waals surface area contributed by atoms with Gasteiger partial charge < -0.3 is 9.42 Å². The number of amides is 1. The zero-order chi connectivity index (χ0) is 18.7. The first-order chi connectivity index (χ1) is 12.4. The van der Waals surface area contributed by atoms with E-state index in [-0.39, 0.29) is 11.7 Å². The van der Waals surface area contributed by atoms with Crippen molar-refractivity contribution in [2.45, 2.75) is 32.2 Å². The molecule has 26 heavy (non-hydrogen) atoms. The van der Waals surface area contributed by atoms with Crippen molar-refractivity contribution in [2.75, 3.05) is 27.2 Å². The summed E-state index contributed by atoms with van der Waals surface area (Å²) in [6.45, 7) is 3.19. The largest absolute Gasteiger partial charge is 0.341 e. The van der Waals surface area contributed by atoms with E-state index in [4.69, 9.17) is 4.52 Å². The lowest BCUT2D eigenvalue weighted by Gasteiger charge is -2.35. The van der Waals surface area contributed by atoms with Gasteiger partial charge in [-0.15, -0.1) is 0 Å². The van der Waals surface area contributed by atoms with Crippen molar-refractivity contribution in [1.29, 1.82) is 0 Å². The maximum absolute atomic E-state index is 13.6. The van der Waals surface area contributed by atoms with Gasteiger partial charge in [-0.1, -0.05) is 17.3 Å². The minimum absolute atomic E-state index is 0.0210. The van der Waals surface area contributed by atoms with Crippen molar-refractivity contribution < 1.29 is 13.7 Å². The number of carbonyl (C=O) groups excluding carboxylic acids is 1. The summed E-state index contributed by atoms with van der Waals surface area (Å²) in [5.74, 6) is 1.45. The maximum Gasteiger partial charge on any atom is 0.244 e. The van der Waals surface area contributed by atoms with Crippen LogP contribution in [0.2, 0.25) is 0 Å². The second kappa shape index (κ2) is 7.95. The van der Waals surface area contributed by atoms with Crippen molar-refractivity contribution >= 4 is 5.91 Å². The van der Waals surface area contributed by atoms with E-state index < -0.39 is 6.04 Å². The van der Waals surface area contributed by atoms with E-state index in [1.165, 1.54) is 12.1 Å². The van der Waals surface area contributed by atoms with E-state index in [0.717, 1.165) is 19.3 Å². The lowest BCUT2D eigenvalue weighted by atomic mass is 9.92. The predicted molar refractivity (Wildman–Crippen MR) is 94.9 cm³/mol. The smallest absolute Gasteiger partial charge is 0.244 e. The molecule has 3 rings (SSSR count). The monoisotopic (exact) mass is 360 g/mol. The van der Waals surface area contributed by atoms with E-state index >= 15 is 0 Å². The Morgan fingerprint density at radius 3 is 2.69 bits per heavy atom. The number of hydrogen-bond acceptors (Lipinski definition) is 5. The molecule has 2 heterocycles. The third-order valence-corrected chi connectivity index (χ3v) is 4.87. The molecule has 1 aliphatic heterocycles. The van der Waals surface area contributed by atoms with Gasteiger partial charge >= 0.3 is 0 Å². The highest BCUT2D eigenvalue weighted by molar-refractivity contribution is 5.83. The van der Waals surface area contributed by atoms with Gasteiger partial charge in [0, 0.05) is 19.5 Å². The highest BCUT2D eigenvalue weighted by Crippen LogP contribution is 2.26. The molecule has 140 valence electrons. The van der Waals surface area contributed by atoms with Crippen molar-refractivity contribution in [3.05, 3.63) is 47.4 Å². The molecule has 0 N–H and O–H groups in total. The van der Waals surface area contributed by atoms with Crippen LogP contribution in [0.4, 0.5) is 4.39 Å². The number of carbonyl (C=O) groups is 1. The first-order valence-electron chi connectivity index (χ1n) is 8.94. The fraction of sp³-hybridized carbons (Fsp3) is 0.526. The Labute approximate surface area is 153 Å². The van der Waals surface area contributed by atoms with E-state index in [1.54, 1.807) is 12.1 Å². The minimum atomic E-state index is -0.471. The van der Waals surface area contributed by atoms with E-state index in [1.807, 2.05) is 30.8 Å². The average molecular weight is 360 g/mol. The number of likely N-dealkylation sites (N-methyl/N-ethyl adjacent to an activating group) is 1. The average Bonchev–Trinajstić information content (AvgIpc) is 3.00. The Morgan fingerprint density at radius 2 is 2.12 bits per heavy atom. The number of rotatable bonds is 5. The minimum Gasteiger partial charge on any atom is -0.341 e. The first-order valence-corrected chi connectivity index (χ1v) is 8.94. The van der Waals surface area contributed by atoms with Crippen molar-refractivity contribution in [3.8, 4) is 0 Å². The molecule has 1 aromatic heterocycles. The summed E-state index contributed by atoms with van der Waals surface area (Å²) in [6, 6.07) is 5.81. The van der Waals surface area contributed by atoms with Crippen LogP contribution in [0.3, 0.4) is 0 Å². The van der Waals surface area contributed by atoms with Crippen LogP contribution < -0.4 is 0 Å². The van der Waals surface area contributed by atoms with E-state index in [0.29, 0.717) is 36.3 Å². The van der Waals surface area contributed by atoms with Crippen LogP contribution in [0.25, 0.3) is 0 Å². The Kier molecular flexibility index (Phi) is 5.66. The Morgan fingerprint density at radius 1 is 1.38 bits per heavy atom. The molecule has 1 aliphatic rings. The standard InChI is InChI=1S/C19H25FN4O2/c1-13-21-17(26-22-13)11-14-7-9-24(10-8-14)19(25)18(23(2)3)15-5-4-6-16(20)12-15/h4-6,12,14,18H,7-11H2,1-3H3. The highest BCUT2D eigenvalue weighted by atomic mass is 19.1. The second-order valence-corrected chi connectivity index (χ2v) is 7.13. The number of hydrogen-bond donors (Lipinski definition) is 0. The molecular weight excluding hydrogens is 335 g/mol. The number of piperidine rings is 1. The predicted octanol–water partition coefficient (Wildman–Crippen LogP) is 2.60. The molecule has 0 bridgehead atoms. The van der Waals surface area contributed by atoms with E-state index in [9.17, 15) is 9.18 Å². The third kappa shape index (κ3) is 4.27. The van der Waals surface area contributed by atoms with E-state index in [2.05, 4.69) is 10.1 Å². The topological polar surface area (TPSA) is 62.5 Å². The lowest BCUT2D eigenvalue weighted by Crippen LogP contribution is -2.44. The van der Waals surface area contributed by atoms with Gasteiger partial charge in [-0.05, 0) is 57.5 Å². The van der Waals surface area contributed by atoms with Gasteiger partial charge in [0.15, 0.2) is 5.82 Å². The Hall–Kier alpha value is -2.28. The number of likely N-dealkylation sites (tertiary alicyclic amines) is 1. The van der Waals surface area contributed by atoms with Gasteiger partial charge in [-0.2, -0.15) is 4.98 Å². The quantitative estimate of drug-likeness (QED) is 0.820. The number of aromatic nitrogens is 2. The van der Waals surface area contributed by atoms with Gasteiger partial charge in [-0.3, -0.25) is 9.69 Å². The summed E-state index contributed by atoms with van der Waals surface area (Å²) < 4.78 is 18.8. The molecule has 1 saturated heterocycles. The highest BCUT2D eigenvalue weighted by Gasteiger charge is 2.31. The van der Waals surface area contributed by atoms with Gasteiger partial charge in [0.05, 0.1) is 0 Å². The number of halogens is 1. The van der Waals surface area contributed by atoms with Crippen LogP contribution in [0, 0.1) is 18.7 Å². The molecule has 7 heteroatoms. The molecule has 6 nitrogen and oxygen atoms in total. The molecule has 1 unspecified atom stereocenters. The fourth-order valence-corrected chi connectivity index (χ4v) is 3.54. The van der Waals surface area contributed by atoms with Crippen molar-refractivity contribution in [3.63, 3.8) is 0 Å². The van der Waals surface area contributed by atoms with Crippen molar-refractivity contribution in [2.24, 2.45) is 5.92 Å². The molecule has 0 saturated carbocycles. The summed E-state index contributed by atoms with van der Waals surface area (Å²) in [7, 11) is 3.69. The number of aryl methyl sites for hydroxylation is 1. The summed E-state index contributed by atoms with van der Waals surface area (Å²) in [5, 5.41) is 3.82. The summed E-state index contributed by atoms with van der Waals surface area (Å²) in [6.07, 6.45) is 2.55. The molecule has 1 amide bonds. The van der Waals surface area contributed by atoms with Gasteiger partial charge in [0.25, 0.3) is 0 Å². The van der Waals surface area contributed by atoms with Gasteiger partial charge in [0.2, 0.25) is 11.8 Å². The maximum atomic E-state index is 13.6. The molecule has 0 spiro atoms. The van der Waals surface area contributed by atoms with Crippen LogP contribution >= 0.6 is 0 Å². The summed E-state index contributed by atoms with van der Waals surface area (Å²) in [4.78, 5) is 21.0. The normalized spacial score (nSPS) is 16.9. The van der Waals surface area contributed by atoms with Crippen LogP contribution in [0.1, 0.15) is 36.2 Å². The summed E-state index contributed by atoms with van der Waals surface area (Å²) in [5.41, 5.74) is 0.684. The molecular formula is C19H25FN4O2. The molecule has 0 aliphatic carbocycles. The molecule has 0 radical (unpaired) electrons. The fourth-order valence-electron chi connectivity index (χ4n) is 3.54. The molecule has 1 fully saturated rings. The summed E-state index contributed by atoms with van der Waals surface area (Å²) >= 11 is 0. The number of benzene rings is 1. The van der Waals surface area contributed by atoms with Crippen LogP contribution in [0.5, 0.6) is 0 Å². The zero-order valence-corrected chi connectivity index (χ0v) is 15.5. The number of nitrogens with zero attached hydrogens (tertiary/aromatic N) is 4. The van der Waals surface area contributed by atoms with Crippen LogP contribution in [-0.2, 0) is 11.2 Å². The Bertz CT molecular complexity index is 754. The first kappa shape index (κ1) is 18.5. The lowest BCUT2D eigenvalue weighted by molar-refractivity contribution is -0.137. The molecule has 1 atom stereocenters. The second-order valence-electron chi connectivity index (χ2n) is 7.13. The molecule has 1 aromatic carbocycles. The van der Waals surface area contributed by atoms with Gasteiger partial charge in [-0.25, -0.2) is 4.39 Å². The van der Waals surface area contributed by atoms with Gasteiger partial charge in [0.1, 0.15) is 11.9 Å². The SMILES string of the molecule is Cc1noc(CC2CCN(C(=O)C(c3cccc(F)c3)N(C)C)CC2)n1. The third-order valence-electron chi connectivity index (χ3n) is 4.87.